The normalized spacial score (nSPS) is 20.8. The third kappa shape index (κ3) is 4.07. The Bertz CT molecular complexity index is 780. The fourth-order valence-electron chi connectivity index (χ4n) is 3.58. The van der Waals surface area contributed by atoms with Gasteiger partial charge in [0.15, 0.2) is 5.96 Å². The highest BCUT2D eigenvalue weighted by molar-refractivity contribution is 5.93. The van der Waals surface area contributed by atoms with Crippen LogP contribution in [0.3, 0.4) is 0 Å². The van der Waals surface area contributed by atoms with E-state index in [1.54, 1.807) is 0 Å². The minimum atomic E-state index is 0.326. The Morgan fingerprint density at radius 1 is 1.25 bits per heavy atom. The van der Waals surface area contributed by atoms with Gasteiger partial charge in [0.25, 0.3) is 0 Å². The number of hydrogen-bond acceptors (Lipinski definition) is 10. The number of ether oxygens (including phenoxy) is 1. The summed E-state index contributed by atoms with van der Waals surface area (Å²) in [6.45, 7) is 5.20. The molecule has 2 saturated heterocycles. The van der Waals surface area contributed by atoms with E-state index < -0.39 is 0 Å². The number of rotatable bonds is 5. The third-order valence-corrected chi connectivity index (χ3v) is 5.17. The van der Waals surface area contributed by atoms with Gasteiger partial charge in [-0.15, -0.1) is 0 Å². The van der Waals surface area contributed by atoms with Crippen molar-refractivity contribution >= 4 is 29.5 Å². The van der Waals surface area contributed by atoms with Gasteiger partial charge < -0.3 is 36.7 Å². The molecule has 6 N–H and O–H groups in total. The zero-order valence-electron chi connectivity index (χ0n) is 15.9. The molecule has 0 aromatic carbocycles. The Morgan fingerprint density at radius 3 is 2.71 bits per heavy atom. The molecule has 28 heavy (non-hydrogen) atoms. The molecule has 1 aromatic heterocycles. The Labute approximate surface area is 164 Å². The zero-order chi connectivity index (χ0) is 19.3. The summed E-state index contributed by atoms with van der Waals surface area (Å²) < 4.78 is 5.47. The molecule has 0 saturated carbocycles. The van der Waals surface area contributed by atoms with Crippen molar-refractivity contribution in [2.75, 3.05) is 56.2 Å². The molecule has 0 radical (unpaired) electrons. The average molecular weight is 385 g/mol. The summed E-state index contributed by atoms with van der Waals surface area (Å²) in [4.78, 5) is 16.0. The summed E-state index contributed by atoms with van der Waals surface area (Å²) in [5.41, 5.74) is 8.00. The molecule has 4 heterocycles. The van der Waals surface area contributed by atoms with Crippen molar-refractivity contribution in [1.29, 1.82) is 5.41 Å². The van der Waals surface area contributed by atoms with Gasteiger partial charge in [-0.25, -0.2) is 9.98 Å². The monoisotopic (exact) mass is 385 g/mol. The second kappa shape index (κ2) is 8.53. The topological polar surface area (TPSA) is 137 Å². The van der Waals surface area contributed by atoms with E-state index in [0.29, 0.717) is 54.8 Å². The van der Waals surface area contributed by atoms with E-state index in [1.165, 1.54) is 6.21 Å². The first-order chi connectivity index (χ1) is 13.7. The third-order valence-electron chi connectivity index (χ3n) is 5.17. The summed E-state index contributed by atoms with van der Waals surface area (Å²) in [6, 6.07) is 0.326. The van der Waals surface area contributed by atoms with Gasteiger partial charge in [-0.2, -0.15) is 4.98 Å². The molecule has 10 nitrogen and oxygen atoms in total. The summed E-state index contributed by atoms with van der Waals surface area (Å²) >= 11 is 0. The van der Waals surface area contributed by atoms with Gasteiger partial charge in [0, 0.05) is 37.1 Å². The van der Waals surface area contributed by atoms with Crippen molar-refractivity contribution in [3.63, 3.8) is 0 Å². The number of anilines is 2. The fraction of sp³-hybridized carbons (Fsp3) is 0.556. The zero-order valence-corrected chi connectivity index (χ0v) is 15.9. The second-order valence-electron chi connectivity index (χ2n) is 7.06. The minimum absolute atomic E-state index is 0.326. The molecule has 3 aliphatic rings. The van der Waals surface area contributed by atoms with Gasteiger partial charge in [0.2, 0.25) is 5.95 Å². The Balaban J connectivity index is 1.71. The van der Waals surface area contributed by atoms with Crippen LogP contribution >= 0.6 is 0 Å². The Hall–Kier alpha value is -2.72. The lowest BCUT2D eigenvalue weighted by atomic mass is 10.0. The van der Waals surface area contributed by atoms with E-state index in [9.17, 15) is 0 Å². The van der Waals surface area contributed by atoms with Crippen LogP contribution in [-0.2, 0) is 4.74 Å². The maximum Gasteiger partial charge on any atom is 0.228 e. The molecule has 0 bridgehead atoms. The van der Waals surface area contributed by atoms with Gasteiger partial charge >= 0.3 is 0 Å². The van der Waals surface area contributed by atoms with Crippen LogP contribution in [0.2, 0.25) is 0 Å². The van der Waals surface area contributed by atoms with Crippen LogP contribution in [0.15, 0.2) is 11.2 Å². The predicted octanol–water partition coefficient (Wildman–Crippen LogP) is -0.266. The highest BCUT2D eigenvalue weighted by atomic mass is 16.5. The van der Waals surface area contributed by atoms with Gasteiger partial charge in [-0.05, 0) is 25.9 Å². The van der Waals surface area contributed by atoms with Crippen LogP contribution in [0.1, 0.15) is 24.1 Å². The molecule has 1 aromatic rings. The van der Waals surface area contributed by atoms with Gasteiger partial charge in [-0.3, -0.25) is 0 Å². The standard InChI is InChI=1S/C18H27N9O/c19-9-14-15(12-10-22-17(20)23-11-12)25-18(27-5-7-28-8-6-27)26-16(14)24-13-1-3-21-4-2-13/h9-10,13,19,21H,1-8,11H2,(H3,20,22,23)(H,24,25,26). The average Bonchev–Trinajstić information content (AvgIpc) is 2.75. The summed E-state index contributed by atoms with van der Waals surface area (Å²) in [7, 11) is 0. The number of guanidine groups is 1. The van der Waals surface area contributed by atoms with Crippen LogP contribution in [0.25, 0.3) is 5.57 Å². The van der Waals surface area contributed by atoms with E-state index >= 15 is 0 Å². The van der Waals surface area contributed by atoms with Gasteiger partial charge in [0.05, 0.1) is 31.0 Å². The number of nitrogens with zero attached hydrogens (tertiary/aromatic N) is 4. The quantitative estimate of drug-likeness (QED) is 0.437. The number of morpholine rings is 1. The van der Waals surface area contributed by atoms with Crippen LogP contribution in [-0.4, -0.2) is 74.1 Å². The molecule has 3 aliphatic heterocycles. The maximum atomic E-state index is 8.02. The lowest BCUT2D eigenvalue weighted by Crippen LogP contribution is -2.38. The second-order valence-corrected chi connectivity index (χ2v) is 7.06. The van der Waals surface area contributed by atoms with Gasteiger partial charge in [-0.1, -0.05) is 0 Å². The maximum absolute atomic E-state index is 8.02. The fourth-order valence-corrected chi connectivity index (χ4v) is 3.58. The number of aliphatic imine (C=N–C) groups is 1. The van der Waals surface area contributed by atoms with E-state index in [-0.39, 0.29) is 0 Å². The van der Waals surface area contributed by atoms with Crippen molar-refractivity contribution in [2.24, 2.45) is 10.7 Å². The van der Waals surface area contributed by atoms with Crippen LogP contribution in [0, 0.1) is 5.41 Å². The summed E-state index contributed by atoms with van der Waals surface area (Å²) in [5, 5.41) is 17.9. The van der Waals surface area contributed by atoms with Crippen molar-refractivity contribution < 1.29 is 4.74 Å². The van der Waals surface area contributed by atoms with Crippen LogP contribution in [0.4, 0.5) is 11.8 Å². The van der Waals surface area contributed by atoms with E-state index in [1.807, 2.05) is 6.20 Å². The highest BCUT2D eigenvalue weighted by Crippen LogP contribution is 2.27. The molecular weight excluding hydrogens is 358 g/mol. The molecule has 10 heteroatoms. The smallest absolute Gasteiger partial charge is 0.228 e. The first-order valence-corrected chi connectivity index (χ1v) is 9.73. The number of piperidine rings is 1. The molecular formula is C18H27N9O. The largest absolute Gasteiger partial charge is 0.378 e. The van der Waals surface area contributed by atoms with Crippen LogP contribution < -0.4 is 26.6 Å². The van der Waals surface area contributed by atoms with E-state index in [2.05, 4.69) is 25.8 Å². The van der Waals surface area contributed by atoms with Crippen molar-refractivity contribution in [3.05, 3.63) is 17.5 Å². The van der Waals surface area contributed by atoms with Gasteiger partial charge in [0.1, 0.15) is 5.82 Å². The lowest BCUT2D eigenvalue weighted by molar-refractivity contribution is 0.122. The van der Waals surface area contributed by atoms with E-state index in [0.717, 1.165) is 44.6 Å². The number of hydrogen-bond donors (Lipinski definition) is 5. The molecule has 2 fully saturated rings. The lowest BCUT2D eigenvalue weighted by Gasteiger charge is -2.30. The van der Waals surface area contributed by atoms with Crippen molar-refractivity contribution in [1.82, 2.24) is 20.6 Å². The van der Waals surface area contributed by atoms with Crippen molar-refractivity contribution in [2.45, 2.75) is 18.9 Å². The summed E-state index contributed by atoms with van der Waals surface area (Å²) in [6.07, 6.45) is 5.18. The molecule has 0 spiro atoms. The minimum Gasteiger partial charge on any atom is -0.378 e. The molecule has 4 rings (SSSR count). The molecule has 0 amide bonds. The molecule has 0 atom stereocenters. The Morgan fingerprint density at radius 2 is 2.04 bits per heavy atom. The van der Waals surface area contributed by atoms with E-state index in [4.69, 9.17) is 25.8 Å². The Kier molecular flexibility index (Phi) is 5.68. The SMILES string of the molecule is N=Cc1c(NC2CCNCC2)nc(N2CCOCC2)nc1C1=CNC(N)=NC1. The molecule has 0 aliphatic carbocycles. The predicted molar refractivity (Wildman–Crippen MR) is 110 cm³/mol. The first kappa shape index (κ1) is 18.6. The molecule has 0 unspecified atom stereocenters. The molecule has 150 valence electrons. The first-order valence-electron chi connectivity index (χ1n) is 9.73. The van der Waals surface area contributed by atoms with Crippen molar-refractivity contribution in [3.8, 4) is 0 Å². The number of nitrogens with one attached hydrogen (secondary N) is 4. The number of aromatic nitrogens is 2. The van der Waals surface area contributed by atoms with Crippen LogP contribution in [0.5, 0.6) is 0 Å². The highest BCUT2D eigenvalue weighted by Gasteiger charge is 2.23. The summed E-state index contributed by atoms with van der Waals surface area (Å²) in [5.74, 6) is 1.75. The number of nitrogens with two attached hydrogens (primary N) is 1.